The van der Waals surface area contributed by atoms with Gasteiger partial charge in [0.2, 0.25) is 0 Å². The monoisotopic (exact) mass is 292 g/mol. The van der Waals surface area contributed by atoms with E-state index in [0.29, 0.717) is 12.4 Å². The van der Waals surface area contributed by atoms with E-state index in [2.05, 4.69) is 34.4 Å². The highest BCUT2D eigenvalue weighted by molar-refractivity contribution is 5.88. The molecule has 1 aliphatic heterocycles. The molecule has 2 rings (SSSR count). The number of carbonyl (C=O) groups excluding carboxylic acids is 1. The van der Waals surface area contributed by atoms with Crippen molar-refractivity contribution in [1.29, 1.82) is 0 Å². The third-order valence-electron chi connectivity index (χ3n) is 3.45. The van der Waals surface area contributed by atoms with Crippen molar-refractivity contribution in [2.24, 2.45) is 0 Å². The largest absolute Gasteiger partial charge is 0.373 e. The summed E-state index contributed by atoms with van der Waals surface area (Å²) in [5.41, 5.74) is 0.948. The summed E-state index contributed by atoms with van der Waals surface area (Å²) >= 11 is 0. The van der Waals surface area contributed by atoms with Gasteiger partial charge in [-0.3, -0.25) is 10.2 Å². The first-order chi connectivity index (χ1) is 10.0. The first kappa shape index (κ1) is 15.7. The van der Waals surface area contributed by atoms with Crippen LogP contribution in [0.25, 0.3) is 0 Å². The Kier molecular flexibility index (Phi) is 5.52. The Balaban J connectivity index is 1.71. The van der Waals surface area contributed by atoms with E-state index in [1.807, 2.05) is 19.1 Å². The summed E-state index contributed by atoms with van der Waals surface area (Å²) < 4.78 is 5.69. The number of nitrogens with zero attached hydrogens (tertiary/aromatic N) is 2. The summed E-state index contributed by atoms with van der Waals surface area (Å²) in [5.74, 6) is 0.601. The second-order valence-electron chi connectivity index (χ2n) is 5.57. The molecule has 0 radical (unpaired) electrons. The Morgan fingerprint density at radius 2 is 2.14 bits per heavy atom. The predicted octanol–water partition coefficient (Wildman–Crippen LogP) is 1.62. The van der Waals surface area contributed by atoms with Crippen LogP contribution in [-0.4, -0.2) is 54.3 Å². The van der Waals surface area contributed by atoms with Gasteiger partial charge in [-0.05, 0) is 32.4 Å². The van der Waals surface area contributed by atoms with Gasteiger partial charge in [0.15, 0.2) is 0 Å². The highest BCUT2D eigenvalue weighted by Gasteiger charge is 2.21. The lowest BCUT2D eigenvalue weighted by atomic mass is 10.2. The van der Waals surface area contributed by atoms with Crippen LogP contribution in [0.1, 0.15) is 19.4 Å². The molecule has 6 heteroatoms. The number of nitrogens with one attached hydrogen (secondary N) is 2. The number of pyridine rings is 1. The lowest BCUT2D eigenvalue weighted by Gasteiger charge is -2.35. The minimum absolute atomic E-state index is 0.217. The molecule has 6 nitrogen and oxygen atoms in total. The first-order valence-corrected chi connectivity index (χ1v) is 7.39. The van der Waals surface area contributed by atoms with Crippen molar-refractivity contribution in [3.8, 4) is 0 Å². The Hall–Kier alpha value is -1.66. The fraction of sp³-hybridized carbons (Fsp3) is 0.600. The number of rotatable bonds is 4. The Bertz CT molecular complexity index is 470. The zero-order chi connectivity index (χ0) is 15.2. The van der Waals surface area contributed by atoms with Crippen LogP contribution >= 0.6 is 0 Å². The van der Waals surface area contributed by atoms with Gasteiger partial charge < -0.3 is 10.1 Å². The molecular formula is C15H24N4O2. The molecule has 0 spiro atoms. The molecule has 0 saturated carbocycles. The van der Waals surface area contributed by atoms with Crippen molar-refractivity contribution in [3.63, 3.8) is 0 Å². The average molecular weight is 292 g/mol. The highest BCUT2D eigenvalue weighted by Crippen LogP contribution is 2.10. The predicted molar refractivity (Wildman–Crippen MR) is 82.4 cm³/mol. The molecule has 0 unspecified atom stereocenters. The summed E-state index contributed by atoms with van der Waals surface area (Å²) in [7, 11) is 0. The van der Waals surface area contributed by atoms with E-state index in [1.54, 1.807) is 6.20 Å². The number of hydrogen-bond acceptors (Lipinski definition) is 4. The Morgan fingerprint density at radius 3 is 2.81 bits per heavy atom. The van der Waals surface area contributed by atoms with Gasteiger partial charge in [0.1, 0.15) is 5.82 Å². The van der Waals surface area contributed by atoms with Crippen LogP contribution in [0.4, 0.5) is 10.6 Å². The number of morpholine rings is 1. The van der Waals surface area contributed by atoms with E-state index < -0.39 is 0 Å². The van der Waals surface area contributed by atoms with Gasteiger partial charge in [-0.25, -0.2) is 9.78 Å². The van der Waals surface area contributed by atoms with Crippen molar-refractivity contribution < 1.29 is 9.53 Å². The maximum Gasteiger partial charge on any atom is 0.320 e. The molecular weight excluding hydrogens is 268 g/mol. The minimum Gasteiger partial charge on any atom is -0.373 e. The molecule has 1 fully saturated rings. The highest BCUT2D eigenvalue weighted by atomic mass is 16.5. The first-order valence-electron chi connectivity index (χ1n) is 7.39. The lowest BCUT2D eigenvalue weighted by molar-refractivity contribution is -0.0672. The summed E-state index contributed by atoms with van der Waals surface area (Å²) in [6, 6.07) is 3.55. The molecule has 21 heavy (non-hydrogen) atoms. The molecule has 2 heterocycles. The van der Waals surface area contributed by atoms with Gasteiger partial charge in [-0.1, -0.05) is 6.07 Å². The summed E-state index contributed by atoms with van der Waals surface area (Å²) in [6.45, 7) is 9.32. The number of aryl methyl sites for hydroxylation is 1. The fourth-order valence-corrected chi connectivity index (χ4v) is 2.56. The van der Waals surface area contributed by atoms with Gasteiger partial charge in [0.25, 0.3) is 0 Å². The van der Waals surface area contributed by atoms with E-state index in [4.69, 9.17) is 4.74 Å². The molecule has 116 valence electrons. The van der Waals surface area contributed by atoms with Crippen molar-refractivity contribution in [2.45, 2.75) is 33.0 Å². The van der Waals surface area contributed by atoms with Crippen molar-refractivity contribution in [2.75, 3.05) is 31.5 Å². The third kappa shape index (κ3) is 4.99. The van der Waals surface area contributed by atoms with E-state index in [-0.39, 0.29) is 18.2 Å². The average Bonchev–Trinajstić information content (AvgIpc) is 2.40. The SMILES string of the molecule is Cc1cccnc1NC(=O)NCCN1C[C@@H](C)O[C@@H](C)C1. The van der Waals surface area contributed by atoms with Crippen LogP contribution in [-0.2, 0) is 4.74 Å². The van der Waals surface area contributed by atoms with E-state index in [1.165, 1.54) is 0 Å². The Morgan fingerprint density at radius 1 is 1.43 bits per heavy atom. The maximum atomic E-state index is 11.8. The quantitative estimate of drug-likeness (QED) is 0.885. The number of carbonyl (C=O) groups is 1. The molecule has 2 amide bonds. The topological polar surface area (TPSA) is 66.5 Å². The van der Waals surface area contributed by atoms with Crippen LogP contribution in [0, 0.1) is 6.92 Å². The molecule has 1 aliphatic rings. The smallest absolute Gasteiger partial charge is 0.320 e. The molecule has 0 aliphatic carbocycles. The van der Waals surface area contributed by atoms with E-state index in [9.17, 15) is 4.79 Å². The van der Waals surface area contributed by atoms with Gasteiger partial charge in [0, 0.05) is 32.4 Å². The zero-order valence-corrected chi connectivity index (χ0v) is 12.9. The van der Waals surface area contributed by atoms with Crippen LogP contribution in [0.2, 0.25) is 0 Å². The van der Waals surface area contributed by atoms with Crippen LogP contribution < -0.4 is 10.6 Å². The number of urea groups is 1. The van der Waals surface area contributed by atoms with E-state index in [0.717, 1.165) is 25.2 Å². The molecule has 1 aromatic heterocycles. The lowest BCUT2D eigenvalue weighted by Crippen LogP contribution is -2.48. The van der Waals surface area contributed by atoms with E-state index >= 15 is 0 Å². The summed E-state index contributed by atoms with van der Waals surface area (Å²) in [6.07, 6.45) is 2.16. The normalized spacial score (nSPS) is 22.8. The van der Waals surface area contributed by atoms with Crippen LogP contribution in [0.5, 0.6) is 0 Å². The van der Waals surface area contributed by atoms with Gasteiger partial charge in [-0.2, -0.15) is 0 Å². The van der Waals surface area contributed by atoms with Gasteiger partial charge in [-0.15, -0.1) is 0 Å². The third-order valence-corrected chi connectivity index (χ3v) is 3.45. The Labute approximate surface area is 125 Å². The summed E-state index contributed by atoms with van der Waals surface area (Å²) in [4.78, 5) is 18.3. The molecule has 2 atom stereocenters. The number of anilines is 1. The van der Waals surface area contributed by atoms with Crippen molar-refractivity contribution in [1.82, 2.24) is 15.2 Å². The van der Waals surface area contributed by atoms with Gasteiger partial charge >= 0.3 is 6.03 Å². The second-order valence-corrected chi connectivity index (χ2v) is 5.57. The number of aromatic nitrogens is 1. The van der Waals surface area contributed by atoms with Crippen LogP contribution in [0.3, 0.4) is 0 Å². The number of ether oxygens (including phenoxy) is 1. The van der Waals surface area contributed by atoms with Crippen LogP contribution in [0.15, 0.2) is 18.3 Å². The zero-order valence-electron chi connectivity index (χ0n) is 12.9. The molecule has 2 N–H and O–H groups in total. The summed E-state index contributed by atoms with van der Waals surface area (Å²) in [5, 5.41) is 5.62. The minimum atomic E-state index is -0.217. The molecule has 0 aromatic carbocycles. The standard InChI is InChI=1S/C15H24N4O2/c1-11-5-4-6-16-14(11)18-15(20)17-7-8-19-9-12(2)21-13(3)10-19/h4-6,12-13H,7-10H2,1-3H3,(H2,16,17,18,20)/t12-,13+. The molecule has 0 bridgehead atoms. The molecule has 1 saturated heterocycles. The van der Waals surface area contributed by atoms with Crippen molar-refractivity contribution in [3.05, 3.63) is 23.9 Å². The molecule has 1 aromatic rings. The number of amides is 2. The van der Waals surface area contributed by atoms with Crippen molar-refractivity contribution >= 4 is 11.8 Å². The maximum absolute atomic E-state index is 11.8. The second kappa shape index (κ2) is 7.38. The number of hydrogen-bond donors (Lipinski definition) is 2. The van der Waals surface area contributed by atoms with Gasteiger partial charge in [0.05, 0.1) is 12.2 Å². The fourth-order valence-electron chi connectivity index (χ4n) is 2.56.